The van der Waals surface area contributed by atoms with Crippen LogP contribution in [0.5, 0.6) is 11.5 Å². The van der Waals surface area contributed by atoms with Crippen molar-refractivity contribution in [1.82, 2.24) is 4.58 Å². The third-order valence-electron chi connectivity index (χ3n) is 5.00. The average Bonchev–Trinajstić information content (AvgIpc) is 2.78. The number of hydrogen-bond donors (Lipinski definition) is 0. The lowest BCUT2D eigenvalue weighted by Gasteiger charge is -2.07. The van der Waals surface area contributed by atoms with Gasteiger partial charge in [0.2, 0.25) is 5.36 Å². The summed E-state index contributed by atoms with van der Waals surface area (Å²) in [6.45, 7) is 0.791. The number of benzene rings is 3. The zero-order valence-electron chi connectivity index (χ0n) is 16.9. The molecule has 0 bridgehead atoms. The number of rotatable bonds is 5. The molecule has 0 radical (unpaired) electrons. The lowest BCUT2D eigenvalue weighted by molar-refractivity contribution is 0.414. The molecule has 29 heavy (non-hydrogen) atoms. The Morgan fingerprint density at radius 2 is 1.48 bits per heavy atom. The van der Waals surface area contributed by atoms with Crippen LogP contribution in [-0.4, -0.2) is 21.3 Å². The number of ether oxygens (including phenoxy) is 2. The molecule has 0 aliphatic carbocycles. The Kier molecular flexibility index (Phi) is 5.34. The van der Waals surface area contributed by atoms with E-state index in [2.05, 4.69) is 42.0 Å². The van der Waals surface area contributed by atoms with E-state index in [-0.39, 0.29) is 0 Å². The Morgan fingerprint density at radius 3 is 2.17 bits per heavy atom. The SMILES string of the molecule is COc1ccc(-c2cc(=[N+](C)Cc3ccccc3)c3cc(OC)ccc3o2)cc1. The van der Waals surface area contributed by atoms with Crippen molar-refractivity contribution in [3.8, 4) is 22.8 Å². The van der Waals surface area contributed by atoms with Gasteiger partial charge in [0.1, 0.15) is 29.9 Å². The van der Waals surface area contributed by atoms with Gasteiger partial charge in [-0.15, -0.1) is 0 Å². The Balaban J connectivity index is 1.92. The van der Waals surface area contributed by atoms with Crippen LogP contribution in [0.15, 0.2) is 83.3 Å². The molecule has 146 valence electrons. The summed E-state index contributed by atoms with van der Waals surface area (Å²) in [6, 6.07) is 26.3. The highest BCUT2D eigenvalue weighted by Crippen LogP contribution is 2.26. The molecule has 0 spiro atoms. The molecule has 0 aliphatic heterocycles. The van der Waals surface area contributed by atoms with E-state index in [0.717, 1.165) is 45.7 Å². The molecule has 0 saturated heterocycles. The molecule has 0 amide bonds. The highest BCUT2D eigenvalue weighted by atomic mass is 16.5. The van der Waals surface area contributed by atoms with Crippen molar-refractivity contribution >= 4 is 11.0 Å². The van der Waals surface area contributed by atoms with Gasteiger partial charge in [-0.05, 0) is 42.5 Å². The monoisotopic (exact) mass is 386 g/mol. The van der Waals surface area contributed by atoms with Crippen LogP contribution in [-0.2, 0) is 6.54 Å². The van der Waals surface area contributed by atoms with Crippen LogP contribution in [0.2, 0.25) is 0 Å². The Bertz CT molecular complexity index is 1190. The molecule has 0 aliphatic rings. The van der Waals surface area contributed by atoms with E-state index in [9.17, 15) is 0 Å². The predicted molar refractivity (Wildman–Crippen MR) is 116 cm³/mol. The van der Waals surface area contributed by atoms with Crippen LogP contribution in [0, 0.1) is 0 Å². The Labute approximate surface area is 170 Å². The van der Waals surface area contributed by atoms with Crippen molar-refractivity contribution in [3.63, 3.8) is 0 Å². The molecule has 0 N–H and O–H groups in total. The molecule has 0 atom stereocenters. The zero-order chi connectivity index (χ0) is 20.2. The topological polar surface area (TPSA) is 34.6 Å². The fraction of sp³-hybridized carbons (Fsp3) is 0.160. The first-order valence-electron chi connectivity index (χ1n) is 9.52. The van der Waals surface area contributed by atoms with Crippen LogP contribution in [0.4, 0.5) is 0 Å². The second kappa shape index (κ2) is 8.23. The van der Waals surface area contributed by atoms with E-state index in [1.54, 1.807) is 14.2 Å². The van der Waals surface area contributed by atoms with Crippen molar-refractivity contribution in [2.45, 2.75) is 6.54 Å². The van der Waals surface area contributed by atoms with Crippen molar-refractivity contribution in [2.24, 2.45) is 0 Å². The smallest absolute Gasteiger partial charge is 0.214 e. The van der Waals surface area contributed by atoms with E-state index < -0.39 is 0 Å². The second-order valence-corrected chi connectivity index (χ2v) is 6.93. The van der Waals surface area contributed by atoms with E-state index in [1.165, 1.54) is 5.56 Å². The third kappa shape index (κ3) is 4.02. The fourth-order valence-electron chi connectivity index (χ4n) is 3.43. The first-order valence-corrected chi connectivity index (χ1v) is 9.52. The fourth-order valence-corrected chi connectivity index (χ4v) is 3.43. The van der Waals surface area contributed by atoms with Crippen LogP contribution in [0.1, 0.15) is 5.56 Å². The van der Waals surface area contributed by atoms with Crippen molar-refractivity contribution < 1.29 is 13.9 Å². The van der Waals surface area contributed by atoms with Gasteiger partial charge in [0.15, 0.2) is 6.54 Å². The molecular formula is C25H24NO3+. The minimum absolute atomic E-state index is 0.791. The maximum atomic E-state index is 6.24. The number of hydrogen-bond acceptors (Lipinski definition) is 3. The molecular weight excluding hydrogens is 362 g/mol. The molecule has 0 fully saturated rings. The standard InChI is InChI=1S/C25H24NO3/c1-26(17-18-7-5-4-6-8-18)23-16-25(19-9-11-20(27-2)12-10-19)29-24-14-13-21(28-3)15-22(23)24/h4-16H,17H2,1-3H3/q+1. The van der Waals surface area contributed by atoms with Gasteiger partial charge in [-0.3, -0.25) is 0 Å². The molecule has 3 aromatic carbocycles. The minimum atomic E-state index is 0.791. The first-order chi connectivity index (χ1) is 14.2. The highest BCUT2D eigenvalue weighted by molar-refractivity contribution is 5.80. The number of methoxy groups -OCH3 is 2. The second-order valence-electron chi connectivity index (χ2n) is 6.93. The number of nitrogens with zero attached hydrogens (tertiary/aromatic N) is 1. The Hall–Kier alpha value is -3.53. The highest BCUT2D eigenvalue weighted by Gasteiger charge is 2.13. The summed E-state index contributed by atoms with van der Waals surface area (Å²) in [5, 5.41) is 2.10. The lowest BCUT2D eigenvalue weighted by atomic mass is 10.1. The molecule has 4 nitrogen and oxygen atoms in total. The molecule has 1 heterocycles. The Morgan fingerprint density at radius 1 is 0.793 bits per heavy atom. The molecule has 4 aromatic rings. The summed E-state index contributed by atoms with van der Waals surface area (Å²) in [5.41, 5.74) is 3.06. The van der Waals surface area contributed by atoms with Crippen molar-refractivity contribution in [3.05, 3.63) is 89.8 Å². The first kappa shape index (κ1) is 18.8. The normalized spacial score (nSPS) is 12.0. The molecule has 4 heteroatoms. The minimum Gasteiger partial charge on any atom is -0.497 e. The van der Waals surface area contributed by atoms with Crippen LogP contribution in [0.25, 0.3) is 22.3 Å². The van der Waals surface area contributed by atoms with Gasteiger partial charge in [0.25, 0.3) is 0 Å². The molecule has 4 rings (SSSR count). The van der Waals surface area contributed by atoms with Crippen LogP contribution < -0.4 is 19.4 Å². The van der Waals surface area contributed by atoms with Crippen molar-refractivity contribution in [1.29, 1.82) is 0 Å². The summed E-state index contributed by atoms with van der Waals surface area (Å²) in [7, 11) is 5.44. The largest absolute Gasteiger partial charge is 0.497 e. The van der Waals surface area contributed by atoms with E-state index in [0.29, 0.717) is 0 Å². The van der Waals surface area contributed by atoms with Gasteiger partial charge in [0.05, 0.1) is 25.7 Å². The van der Waals surface area contributed by atoms with E-state index >= 15 is 0 Å². The summed E-state index contributed by atoms with van der Waals surface area (Å²) >= 11 is 0. The van der Waals surface area contributed by atoms with Crippen LogP contribution in [0.3, 0.4) is 0 Å². The van der Waals surface area contributed by atoms with Gasteiger partial charge in [-0.1, -0.05) is 30.3 Å². The third-order valence-corrected chi connectivity index (χ3v) is 5.00. The molecule has 1 aromatic heterocycles. The van der Waals surface area contributed by atoms with Crippen molar-refractivity contribution in [2.75, 3.05) is 21.3 Å². The maximum absolute atomic E-state index is 6.24. The summed E-state index contributed by atoms with van der Waals surface area (Å²) in [4.78, 5) is 0. The van der Waals surface area contributed by atoms with Gasteiger partial charge in [-0.25, -0.2) is 4.58 Å². The van der Waals surface area contributed by atoms with Gasteiger partial charge in [-0.2, -0.15) is 0 Å². The quantitative estimate of drug-likeness (QED) is 0.466. The summed E-state index contributed by atoms with van der Waals surface area (Å²) in [5.74, 6) is 2.43. The number of fused-ring (bicyclic) bond motifs is 1. The summed E-state index contributed by atoms with van der Waals surface area (Å²) < 4.78 is 19.2. The predicted octanol–water partition coefficient (Wildman–Crippen LogP) is 4.72. The van der Waals surface area contributed by atoms with Crippen LogP contribution >= 0.6 is 0 Å². The average molecular weight is 386 g/mol. The maximum Gasteiger partial charge on any atom is 0.214 e. The van der Waals surface area contributed by atoms with E-state index in [4.69, 9.17) is 13.9 Å². The zero-order valence-corrected chi connectivity index (χ0v) is 16.9. The van der Waals surface area contributed by atoms with E-state index in [1.807, 2.05) is 48.5 Å². The summed E-state index contributed by atoms with van der Waals surface area (Å²) in [6.07, 6.45) is 0. The van der Waals surface area contributed by atoms with Gasteiger partial charge >= 0.3 is 0 Å². The molecule has 0 unspecified atom stereocenters. The molecule has 0 saturated carbocycles. The lowest BCUT2D eigenvalue weighted by Crippen LogP contribution is -2.26. The van der Waals surface area contributed by atoms with Gasteiger partial charge < -0.3 is 13.9 Å². The van der Waals surface area contributed by atoms with Gasteiger partial charge in [0, 0.05) is 11.1 Å².